The van der Waals surface area contributed by atoms with Gasteiger partial charge in [0.25, 0.3) is 0 Å². The van der Waals surface area contributed by atoms with Gasteiger partial charge in [-0.2, -0.15) is 0 Å². The van der Waals surface area contributed by atoms with E-state index in [2.05, 4.69) is 0 Å². The molecule has 0 aliphatic heterocycles. The minimum Gasteiger partial charge on any atom is -0.550 e. The quantitative estimate of drug-likeness (QED) is 0.714. The molecular formula is C12H14NO2-. The highest BCUT2D eigenvalue weighted by Gasteiger charge is 2.18. The van der Waals surface area contributed by atoms with Gasteiger partial charge in [-0.05, 0) is 54.9 Å². The highest BCUT2D eigenvalue weighted by molar-refractivity contribution is 5.64. The minimum atomic E-state index is -0.945. The number of benzene rings is 1. The molecule has 0 heterocycles. The summed E-state index contributed by atoms with van der Waals surface area (Å²) in [5.41, 5.74) is 8.98. The number of aryl methyl sites for hydroxylation is 1. The second-order valence-electron chi connectivity index (χ2n) is 4.21. The van der Waals surface area contributed by atoms with Crippen LogP contribution in [0.2, 0.25) is 0 Å². The Morgan fingerprint density at radius 2 is 2.27 bits per heavy atom. The van der Waals surface area contributed by atoms with Gasteiger partial charge in [-0.15, -0.1) is 0 Å². The van der Waals surface area contributed by atoms with Crippen molar-refractivity contribution in [3.63, 3.8) is 0 Å². The van der Waals surface area contributed by atoms with Crippen LogP contribution in [-0.4, -0.2) is 5.97 Å². The number of fused-ring (bicyclic) bond motifs is 1. The summed E-state index contributed by atoms with van der Waals surface area (Å²) in [6.45, 7) is 0. The molecule has 1 aromatic carbocycles. The summed E-state index contributed by atoms with van der Waals surface area (Å²) in [7, 11) is 0. The molecule has 2 rings (SSSR count). The normalized spacial score (nSPS) is 19.6. The lowest BCUT2D eigenvalue weighted by molar-refractivity contribution is -0.306. The van der Waals surface area contributed by atoms with Crippen LogP contribution in [0.3, 0.4) is 0 Å². The first-order chi connectivity index (χ1) is 7.15. The zero-order chi connectivity index (χ0) is 10.8. The molecule has 0 radical (unpaired) electrons. The van der Waals surface area contributed by atoms with Gasteiger partial charge in [0.05, 0.1) is 0 Å². The van der Waals surface area contributed by atoms with Crippen LogP contribution in [0, 0.1) is 5.92 Å². The van der Waals surface area contributed by atoms with E-state index in [4.69, 9.17) is 5.73 Å². The summed E-state index contributed by atoms with van der Waals surface area (Å²) in [6.07, 6.45) is 2.86. The maximum absolute atomic E-state index is 10.5. The number of rotatable bonds is 2. The first kappa shape index (κ1) is 10.0. The highest BCUT2D eigenvalue weighted by atomic mass is 16.4. The van der Waals surface area contributed by atoms with Gasteiger partial charge in [-0.25, -0.2) is 0 Å². The van der Waals surface area contributed by atoms with Crippen LogP contribution in [0.4, 0.5) is 5.69 Å². The lowest BCUT2D eigenvalue weighted by Gasteiger charge is -2.25. The molecule has 3 nitrogen and oxygen atoms in total. The zero-order valence-corrected chi connectivity index (χ0v) is 8.53. The number of hydrogen-bond donors (Lipinski definition) is 1. The Morgan fingerprint density at radius 3 is 3.00 bits per heavy atom. The SMILES string of the molecule is Nc1ccc2c(c1)CCC(CC(=O)[O-])C2. The molecule has 1 unspecified atom stereocenters. The van der Waals surface area contributed by atoms with Gasteiger partial charge < -0.3 is 15.6 Å². The van der Waals surface area contributed by atoms with E-state index in [1.54, 1.807) is 0 Å². The summed E-state index contributed by atoms with van der Waals surface area (Å²) in [4.78, 5) is 10.5. The monoisotopic (exact) mass is 204 g/mol. The highest BCUT2D eigenvalue weighted by Crippen LogP contribution is 2.28. The van der Waals surface area contributed by atoms with Gasteiger partial charge in [-0.1, -0.05) is 6.07 Å². The first-order valence-corrected chi connectivity index (χ1v) is 5.22. The predicted octanol–water partition coefficient (Wildman–Crippen LogP) is 0.514. The van der Waals surface area contributed by atoms with E-state index >= 15 is 0 Å². The van der Waals surface area contributed by atoms with Gasteiger partial charge >= 0.3 is 0 Å². The molecule has 0 aromatic heterocycles. The molecule has 2 N–H and O–H groups in total. The van der Waals surface area contributed by atoms with E-state index < -0.39 is 5.97 Å². The fourth-order valence-electron chi connectivity index (χ4n) is 2.26. The van der Waals surface area contributed by atoms with Crippen LogP contribution in [0.5, 0.6) is 0 Å². The number of hydrogen-bond acceptors (Lipinski definition) is 3. The number of anilines is 1. The molecule has 0 saturated heterocycles. The van der Waals surface area contributed by atoms with Crippen molar-refractivity contribution >= 4 is 11.7 Å². The minimum absolute atomic E-state index is 0.170. The van der Waals surface area contributed by atoms with E-state index in [1.165, 1.54) is 11.1 Å². The second-order valence-corrected chi connectivity index (χ2v) is 4.21. The number of aliphatic carboxylic acids is 1. The summed E-state index contributed by atoms with van der Waals surface area (Å²) >= 11 is 0. The number of carbonyl (C=O) groups is 1. The number of carboxylic acids is 1. The van der Waals surface area contributed by atoms with Crippen molar-refractivity contribution in [2.75, 3.05) is 5.73 Å². The van der Waals surface area contributed by atoms with Crippen molar-refractivity contribution < 1.29 is 9.90 Å². The number of carboxylic acid groups (broad SMARTS) is 1. The molecule has 0 fully saturated rings. The largest absolute Gasteiger partial charge is 0.550 e. The molecule has 0 spiro atoms. The van der Waals surface area contributed by atoms with Gasteiger partial charge in [0.15, 0.2) is 0 Å². The average molecular weight is 204 g/mol. The fraction of sp³-hybridized carbons (Fsp3) is 0.417. The third kappa shape index (κ3) is 2.29. The van der Waals surface area contributed by atoms with Crippen LogP contribution < -0.4 is 10.8 Å². The molecule has 80 valence electrons. The average Bonchev–Trinajstić information content (AvgIpc) is 2.17. The molecule has 0 saturated carbocycles. The van der Waals surface area contributed by atoms with Crippen molar-refractivity contribution in [2.24, 2.45) is 5.92 Å². The Balaban J connectivity index is 2.13. The van der Waals surface area contributed by atoms with E-state index in [0.717, 1.165) is 24.9 Å². The number of carbonyl (C=O) groups excluding carboxylic acids is 1. The topological polar surface area (TPSA) is 66.2 Å². The number of nitrogens with two attached hydrogens (primary N) is 1. The van der Waals surface area contributed by atoms with Crippen LogP contribution in [0.25, 0.3) is 0 Å². The second kappa shape index (κ2) is 3.93. The summed E-state index contributed by atoms with van der Waals surface area (Å²) in [5.74, 6) is -0.718. The van der Waals surface area contributed by atoms with Gasteiger partial charge in [0, 0.05) is 11.7 Å². The van der Waals surface area contributed by atoms with Crippen molar-refractivity contribution in [2.45, 2.75) is 25.7 Å². The molecule has 1 aromatic rings. The van der Waals surface area contributed by atoms with Gasteiger partial charge in [-0.3, -0.25) is 0 Å². The first-order valence-electron chi connectivity index (χ1n) is 5.22. The molecule has 1 atom stereocenters. The third-order valence-corrected chi connectivity index (χ3v) is 3.02. The smallest absolute Gasteiger partial charge is 0.0417 e. The molecule has 1 aliphatic rings. The standard InChI is InChI=1S/C12H15NO2/c13-11-4-3-9-5-8(6-12(14)15)1-2-10(9)7-11/h3-4,7-8H,1-2,5-6,13H2,(H,14,15)/p-1. The van der Waals surface area contributed by atoms with Crippen LogP contribution in [0.15, 0.2) is 18.2 Å². The van der Waals surface area contributed by atoms with Crippen molar-refractivity contribution in [1.29, 1.82) is 0 Å². The van der Waals surface area contributed by atoms with E-state index in [9.17, 15) is 9.90 Å². The number of nitrogen functional groups attached to an aromatic ring is 1. The zero-order valence-electron chi connectivity index (χ0n) is 8.53. The van der Waals surface area contributed by atoms with Crippen molar-refractivity contribution in [3.8, 4) is 0 Å². The Kier molecular flexibility index (Phi) is 2.62. The van der Waals surface area contributed by atoms with Crippen molar-refractivity contribution in [1.82, 2.24) is 0 Å². The van der Waals surface area contributed by atoms with Crippen LogP contribution >= 0.6 is 0 Å². The lowest BCUT2D eigenvalue weighted by Crippen LogP contribution is -2.27. The predicted molar refractivity (Wildman–Crippen MR) is 56.0 cm³/mol. The Bertz CT molecular complexity index is 387. The Morgan fingerprint density at radius 1 is 1.47 bits per heavy atom. The molecule has 0 amide bonds. The third-order valence-electron chi connectivity index (χ3n) is 3.02. The van der Waals surface area contributed by atoms with Crippen molar-refractivity contribution in [3.05, 3.63) is 29.3 Å². The molecular weight excluding hydrogens is 190 g/mol. The molecule has 15 heavy (non-hydrogen) atoms. The maximum Gasteiger partial charge on any atom is 0.0417 e. The van der Waals surface area contributed by atoms with Gasteiger partial charge in [0.2, 0.25) is 0 Å². The Labute approximate surface area is 88.9 Å². The maximum atomic E-state index is 10.5. The van der Waals surface area contributed by atoms with E-state index in [1.807, 2.05) is 18.2 Å². The summed E-state index contributed by atoms with van der Waals surface area (Å²) < 4.78 is 0. The molecule has 3 heteroatoms. The lowest BCUT2D eigenvalue weighted by atomic mass is 9.82. The van der Waals surface area contributed by atoms with E-state index in [-0.39, 0.29) is 12.3 Å². The Hall–Kier alpha value is -1.51. The fourth-order valence-corrected chi connectivity index (χ4v) is 2.26. The van der Waals surface area contributed by atoms with Crippen LogP contribution in [-0.2, 0) is 17.6 Å². The summed E-state index contributed by atoms with van der Waals surface area (Å²) in [5, 5.41) is 10.5. The summed E-state index contributed by atoms with van der Waals surface area (Å²) in [6, 6.07) is 5.87. The van der Waals surface area contributed by atoms with E-state index in [0.29, 0.717) is 0 Å². The van der Waals surface area contributed by atoms with Crippen LogP contribution in [0.1, 0.15) is 24.0 Å². The molecule has 0 bridgehead atoms. The van der Waals surface area contributed by atoms with Gasteiger partial charge in [0.1, 0.15) is 0 Å². The molecule has 1 aliphatic carbocycles.